The van der Waals surface area contributed by atoms with Gasteiger partial charge in [0.05, 0.1) is 18.3 Å². The molecule has 0 radical (unpaired) electrons. The molecule has 1 N–H and O–H groups in total. The van der Waals surface area contributed by atoms with Gasteiger partial charge in [0.25, 0.3) is 0 Å². The van der Waals surface area contributed by atoms with Gasteiger partial charge in [-0.3, -0.25) is 14.7 Å². The Kier molecular flexibility index (Phi) is 5.81. The smallest absolute Gasteiger partial charge is 0.217 e. The summed E-state index contributed by atoms with van der Waals surface area (Å²) < 4.78 is 2.25. The summed E-state index contributed by atoms with van der Waals surface area (Å²) >= 11 is 0. The molecule has 1 saturated heterocycles. The van der Waals surface area contributed by atoms with Crippen LogP contribution < -0.4 is 5.32 Å². The summed E-state index contributed by atoms with van der Waals surface area (Å²) in [5, 5.41) is 2.81. The zero-order valence-electron chi connectivity index (χ0n) is 15.1. The molecule has 134 valence electrons. The summed E-state index contributed by atoms with van der Waals surface area (Å²) in [6.45, 7) is 7.22. The Bertz CT molecular complexity index is 694. The summed E-state index contributed by atoms with van der Waals surface area (Å²) in [6, 6.07) is 4.51. The van der Waals surface area contributed by atoms with Crippen molar-refractivity contribution >= 4 is 5.91 Å². The number of rotatable bonds is 7. The van der Waals surface area contributed by atoms with Gasteiger partial charge in [0.2, 0.25) is 5.91 Å². The molecule has 0 aliphatic carbocycles. The van der Waals surface area contributed by atoms with Crippen LogP contribution in [0.1, 0.15) is 56.2 Å². The lowest BCUT2D eigenvalue weighted by Crippen LogP contribution is -2.25. The molecule has 1 amide bonds. The van der Waals surface area contributed by atoms with Gasteiger partial charge in [0.15, 0.2) is 0 Å². The SMILES string of the molecule is CCCn1ccnc1CN1CCC[C@@H]1c1ccc(CNC(C)=O)cn1. The van der Waals surface area contributed by atoms with Crippen LogP contribution in [0.4, 0.5) is 0 Å². The van der Waals surface area contributed by atoms with E-state index in [-0.39, 0.29) is 5.91 Å². The highest BCUT2D eigenvalue weighted by Gasteiger charge is 2.28. The van der Waals surface area contributed by atoms with E-state index in [1.807, 2.05) is 12.4 Å². The quantitative estimate of drug-likeness (QED) is 0.841. The second-order valence-corrected chi connectivity index (χ2v) is 6.67. The number of carbonyl (C=O) groups is 1. The van der Waals surface area contributed by atoms with Crippen LogP contribution in [0, 0.1) is 0 Å². The second kappa shape index (κ2) is 8.25. The van der Waals surface area contributed by atoms with Crippen molar-refractivity contribution in [3.63, 3.8) is 0 Å². The Morgan fingerprint density at radius 3 is 2.96 bits per heavy atom. The van der Waals surface area contributed by atoms with Gasteiger partial charge in [-0.15, -0.1) is 0 Å². The minimum absolute atomic E-state index is 0.0198. The molecule has 3 heterocycles. The molecule has 0 spiro atoms. The fraction of sp³-hybridized carbons (Fsp3) is 0.526. The normalized spacial score (nSPS) is 17.8. The molecule has 0 saturated carbocycles. The molecule has 1 fully saturated rings. The third-order valence-electron chi connectivity index (χ3n) is 4.70. The first-order chi connectivity index (χ1) is 12.2. The first-order valence-corrected chi connectivity index (χ1v) is 9.10. The van der Waals surface area contributed by atoms with Crippen LogP contribution in [-0.4, -0.2) is 31.9 Å². The van der Waals surface area contributed by atoms with E-state index < -0.39 is 0 Å². The molecule has 1 atom stereocenters. The van der Waals surface area contributed by atoms with E-state index in [2.05, 4.69) is 50.0 Å². The predicted molar refractivity (Wildman–Crippen MR) is 96.7 cm³/mol. The maximum absolute atomic E-state index is 11.0. The topological polar surface area (TPSA) is 63.1 Å². The number of likely N-dealkylation sites (tertiary alicyclic amines) is 1. The van der Waals surface area contributed by atoms with Crippen molar-refractivity contribution in [1.29, 1.82) is 0 Å². The van der Waals surface area contributed by atoms with E-state index in [1.54, 1.807) is 0 Å². The minimum atomic E-state index is -0.0198. The summed E-state index contributed by atoms with van der Waals surface area (Å²) in [5.74, 6) is 1.12. The van der Waals surface area contributed by atoms with Crippen LogP contribution in [0.3, 0.4) is 0 Å². The second-order valence-electron chi connectivity index (χ2n) is 6.67. The number of imidazole rings is 1. The van der Waals surface area contributed by atoms with Crippen LogP contribution in [0.2, 0.25) is 0 Å². The molecule has 2 aromatic heterocycles. The number of hydrogen-bond donors (Lipinski definition) is 1. The van der Waals surface area contributed by atoms with Gasteiger partial charge in [-0.25, -0.2) is 4.98 Å². The monoisotopic (exact) mass is 341 g/mol. The zero-order chi connectivity index (χ0) is 17.6. The van der Waals surface area contributed by atoms with Crippen molar-refractivity contribution in [2.24, 2.45) is 0 Å². The number of hydrogen-bond acceptors (Lipinski definition) is 4. The first-order valence-electron chi connectivity index (χ1n) is 9.10. The van der Waals surface area contributed by atoms with E-state index >= 15 is 0 Å². The summed E-state index contributed by atoms with van der Waals surface area (Å²) in [5.41, 5.74) is 2.14. The fourth-order valence-electron chi connectivity index (χ4n) is 3.43. The lowest BCUT2D eigenvalue weighted by Gasteiger charge is -2.24. The number of nitrogens with one attached hydrogen (secondary N) is 1. The van der Waals surface area contributed by atoms with Crippen LogP contribution in [0.25, 0.3) is 0 Å². The minimum Gasteiger partial charge on any atom is -0.352 e. The number of aromatic nitrogens is 3. The number of nitrogens with zero attached hydrogens (tertiary/aromatic N) is 4. The molecular formula is C19H27N5O. The Labute approximate surface area is 149 Å². The van der Waals surface area contributed by atoms with Crippen LogP contribution >= 0.6 is 0 Å². The molecular weight excluding hydrogens is 314 g/mol. The van der Waals surface area contributed by atoms with E-state index in [0.717, 1.165) is 49.6 Å². The largest absolute Gasteiger partial charge is 0.352 e. The highest BCUT2D eigenvalue weighted by Crippen LogP contribution is 2.31. The van der Waals surface area contributed by atoms with Gasteiger partial charge in [-0.05, 0) is 37.4 Å². The Morgan fingerprint density at radius 2 is 2.24 bits per heavy atom. The van der Waals surface area contributed by atoms with Crippen LogP contribution in [0.15, 0.2) is 30.7 Å². The lowest BCUT2D eigenvalue weighted by molar-refractivity contribution is -0.119. The third-order valence-corrected chi connectivity index (χ3v) is 4.70. The molecule has 1 aliphatic rings. The number of pyridine rings is 1. The molecule has 0 bridgehead atoms. The molecule has 6 nitrogen and oxygen atoms in total. The number of carbonyl (C=O) groups excluding carboxylic acids is 1. The average Bonchev–Trinajstić information content (AvgIpc) is 3.24. The Morgan fingerprint density at radius 1 is 1.36 bits per heavy atom. The van der Waals surface area contributed by atoms with Crippen LogP contribution in [-0.2, 0) is 24.4 Å². The van der Waals surface area contributed by atoms with E-state index in [9.17, 15) is 4.79 Å². The van der Waals surface area contributed by atoms with Crippen molar-refractivity contribution in [2.45, 2.75) is 58.8 Å². The van der Waals surface area contributed by atoms with Gasteiger partial charge in [-0.2, -0.15) is 0 Å². The van der Waals surface area contributed by atoms with Crippen molar-refractivity contribution in [3.05, 3.63) is 47.8 Å². The molecule has 25 heavy (non-hydrogen) atoms. The highest BCUT2D eigenvalue weighted by molar-refractivity contribution is 5.72. The summed E-state index contributed by atoms with van der Waals surface area (Å²) in [7, 11) is 0. The molecule has 2 aromatic rings. The van der Waals surface area contributed by atoms with Gasteiger partial charge in [0, 0.05) is 38.6 Å². The molecule has 6 heteroatoms. The number of aryl methyl sites for hydroxylation is 1. The van der Waals surface area contributed by atoms with Crippen molar-refractivity contribution in [2.75, 3.05) is 6.54 Å². The lowest BCUT2D eigenvalue weighted by atomic mass is 10.1. The third kappa shape index (κ3) is 4.45. The van der Waals surface area contributed by atoms with Crippen LogP contribution in [0.5, 0.6) is 0 Å². The Hall–Kier alpha value is -2.21. The summed E-state index contributed by atoms with van der Waals surface area (Å²) in [4.78, 5) is 22.7. The van der Waals surface area contributed by atoms with Crippen molar-refractivity contribution < 1.29 is 4.79 Å². The predicted octanol–water partition coefficient (Wildman–Crippen LogP) is 2.66. The van der Waals surface area contributed by atoms with Gasteiger partial charge >= 0.3 is 0 Å². The van der Waals surface area contributed by atoms with Crippen molar-refractivity contribution in [3.8, 4) is 0 Å². The fourth-order valence-corrected chi connectivity index (χ4v) is 3.43. The van der Waals surface area contributed by atoms with E-state index in [4.69, 9.17) is 0 Å². The standard InChI is InChI=1S/C19H27N5O/c1-3-9-23-11-8-20-19(23)14-24-10-4-5-18(24)17-7-6-16(13-22-17)12-21-15(2)25/h6-8,11,13,18H,3-5,9-10,12,14H2,1-2H3,(H,21,25)/t18-/m1/s1. The molecule has 0 unspecified atom stereocenters. The highest BCUT2D eigenvalue weighted by atomic mass is 16.1. The van der Waals surface area contributed by atoms with Gasteiger partial charge < -0.3 is 9.88 Å². The Balaban J connectivity index is 1.66. The molecule has 1 aliphatic heterocycles. The van der Waals surface area contributed by atoms with E-state index in [0.29, 0.717) is 12.6 Å². The first kappa shape index (κ1) is 17.6. The zero-order valence-corrected chi connectivity index (χ0v) is 15.1. The summed E-state index contributed by atoms with van der Waals surface area (Å²) in [6.07, 6.45) is 9.27. The average molecular weight is 341 g/mol. The maximum Gasteiger partial charge on any atom is 0.217 e. The van der Waals surface area contributed by atoms with Gasteiger partial charge in [0.1, 0.15) is 5.82 Å². The molecule has 3 rings (SSSR count). The maximum atomic E-state index is 11.0. The van der Waals surface area contributed by atoms with Gasteiger partial charge in [-0.1, -0.05) is 13.0 Å². The van der Waals surface area contributed by atoms with Crippen molar-refractivity contribution in [1.82, 2.24) is 24.8 Å². The molecule has 0 aromatic carbocycles. The number of amides is 1. The van der Waals surface area contributed by atoms with E-state index in [1.165, 1.54) is 13.3 Å².